The molecule has 0 unspecified atom stereocenters. The number of aryl methyl sites for hydroxylation is 2. The fraction of sp³-hybridized carbons (Fsp3) is 0.438. The number of nitrogens with zero attached hydrogens (tertiary/aromatic N) is 2. The van der Waals surface area contributed by atoms with Gasteiger partial charge < -0.3 is 10.1 Å². The lowest BCUT2D eigenvalue weighted by atomic mass is 10.2. The minimum atomic E-state index is 0.569. The molecule has 0 radical (unpaired) electrons. The molecule has 0 atom stereocenters. The molecule has 4 heteroatoms. The maximum absolute atomic E-state index is 5.47. The summed E-state index contributed by atoms with van der Waals surface area (Å²) in [6.45, 7) is 9.33. The molecular weight excluding hydrogens is 250 g/mol. The van der Waals surface area contributed by atoms with Crippen LogP contribution in [0.5, 0.6) is 5.75 Å². The summed E-state index contributed by atoms with van der Waals surface area (Å²) in [6.07, 6.45) is 2.03. The van der Waals surface area contributed by atoms with Crippen LogP contribution >= 0.6 is 0 Å². The average molecular weight is 273 g/mol. The van der Waals surface area contributed by atoms with Gasteiger partial charge in [-0.25, -0.2) is 4.98 Å². The molecule has 1 aromatic carbocycles. The fourth-order valence-corrected chi connectivity index (χ4v) is 2.09. The average Bonchev–Trinajstić information content (AvgIpc) is 2.77. The van der Waals surface area contributed by atoms with Crippen molar-refractivity contribution in [1.82, 2.24) is 9.55 Å². The number of ether oxygens (including phenoxy) is 1. The van der Waals surface area contributed by atoms with Crippen LogP contribution < -0.4 is 10.1 Å². The molecule has 0 aliphatic carbocycles. The van der Waals surface area contributed by atoms with Crippen LogP contribution in [0.2, 0.25) is 0 Å². The number of imidazole rings is 1. The zero-order chi connectivity index (χ0) is 14.7. The molecular formula is C16H23N3O. The zero-order valence-electron chi connectivity index (χ0n) is 12.9. The summed E-state index contributed by atoms with van der Waals surface area (Å²) in [5.74, 6) is 2.28. The Morgan fingerprint density at radius 1 is 1.30 bits per heavy atom. The predicted molar refractivity (Wildman–Crippen MR) is 82.9 cm³/mol. The van der Waals surface area contributed by atoms with Crippen LogP contribution in [0.25, 0.3) is 5.69 Å². The zero-order valence-corrected chi connectivity index (χ0v) is 12.9. The van der Waals surface area contributed by atoms with Crippen molar-refractivity contribution in [3.05, 3.63) is 35.7 Å². The van der Waals surface area contributed by atoms with Crippen LogP contribution in [-0.2, 0) is 0 Å². The molecule has 1 heterocycles. The molecule has 2 rings (SSSR count). The van der Waals surface area contributed by atoms with Gasteiger partial charge in [0.15, 0.2) is 0 Å². The first kappa shape index (κ1) is 14.4. The predicted octanol–water partition coefficient (Wildman–Crippen LogP) is 3.57. The molecule has 108 valence electrons. The van der Waals surface area contributed by atoms with Crippen LogP contribution in [0.4, 0.5) is 5.95 Å². The summed E-state index contributed by atoms with van der Waals surface area (Å²) in [5, 5.41) is 3.40. The molecule has 0 bridgehead atoms. The Labute approximate surface area is 120 Å². The summed E-state index contributed by atoms with van der Waals surface area (Å²) in [6, 6.07) is 6.15. The van der Waals surface area contributed by atoms with Gasteiger partial charge in [0.25, 0.3) is 0 Å². The molecule has 0 amide bonds. The Morgan fingerprint density at radius 3 is 2.70 bits per heavy atom. The maximum atomic E-state index is 5.47. The van der Waals surface area contributed by atoms with E-state index in [1.54, 1.807) is 7.11 Å². The second kappa shape index (κ2) is 5.99. The number of anilines is 1. The van der Waals surface area contributed by atoms with E-state index in [2.05, 4.69) is 41.7 Å². The number of benzene rings is 1. The topological polar surface area (TPSA) is 39.1 Å². The van der Waals surface area contributed by atoms with Crippen molar-refractivity contribution in [2.75, 3.05) is 19.0 Å². The van der Waals surface area contributed by atoms with E-state index in [0.29, 0.717) is 5.92 Å². The van der Waals surface area contributed by atoms with Gasteiger partial charge in [0, 0.05) is 12.7 Å². The van der Waals surface area contributed by atoms with E-state index < -0.39 is 0 Å². The van der Waals surface area contributed by atoms with Crippen LogP contribution in [-0.4, -0.2) is 23.2 Å². The molecule has 4 nitrogen and oxygen atoms in total. The third-order valence-corrected chi connectivity index (χ3v) is 3.09. The van der Waals surface area contributed by atoms with Crippen LogP contribution in [0.1, 0.15) is 25.1 Å². The van der Waals surface area contributed by atoms with Crippen LogP contribution in [0.3, 0.4) is 0 Å². The lowest BCUT2D eigenvalue weighted by Gasteiger charge is -2.14. The fourth-order valence-electron chi connectivity index (χ4n) is 2.09. The molecule has 2 aromatic rings. The monoisotopic (exact) mass is 273 g/mol. The molecule has 0 fully saturated rings. The van der Waals surface area contributed by atoms with Crippen molar-refractivity contribution in [1.29, 1.82) is 0 Å². The van der Waals surface area contributed by atoms with Gasteiger partial charge >= 0.3 is 0 Å². The summed E-state index contributed by atoms with van der Waals surface area (Å²) >= 11 is 0. The third kappa shape index (κ3) is 3.13. The van der Waals surface area contributed by atoms with Crippen molar-refractivity contribution < 1.29 is 4.74 Å². The van der Waals surface area contributed by atoms with E-state index >= 15 is 0 Å². The van der Waals surface area contributed by atoms with E-state index in [0.717, 1.165) is 29.6 Å². The molecule has 20 heavy (non-hydrogen) atoms. The first-order valence-electron chi connectivity index (χ1n) is 6.96. The second-order valence-corrected chi connectivity index (χ2v) is 5.53. The molecule has 0 saturated carbocycles. The summed E-state index contributed by atoms with van der Waals surface area (Å²) in [7, 11) is 1.69. The number of rotatable bonds is 5. The quantitative estimate of drug-likeness (QED) is 0.905. The minimum absolute atomic E-state index is 0.569. The minimum Gasteiger partial charge on any atom is -0.495 e. The number of aromatic nitrogens is 2. The van der Waals surface area contributed by atoms with E-state index in [1.165, 1.54) is 5.56 Å². The van der Waals surface area contributed by atoms with Gasteiger partial charge in [0.2, 0.25) is 5.95 Å². The number of hydrogen-bond acceptors (Lipinski definition) is 3. The van der Waals surface area contributed by atoms with Gasteiger partial charge in [0.05, 0.1) is 18.5 Å². The molecule has 0 saturated heterocycles. The van der Waals surface area contributed by atoms with Crippen LogP contribution in [0.15, 0.2) is 24.4 Å². The Bertz CT molecular complexity index is 587. The Balaban J connectivity index is 2.44. The van der Waals surface area contributed by atoms with Crippen LogP contribution in [0, 0.1) is 19.8 Å². The van der Waals surface area contributed by atoms with Crippen molar-refractivity contribution in [2.24, 2.45) is 5.92 Å². The Morgan fingerprint density at radius 2 is 2.05 bits per heavy atom. The molecule has 1 N–H and O–H groups in total. The van der Waals surface area contributed by atoms with Crippen molar-refractivity contribution >= 4 is 5.95 Å². The second-order valence-electron chi connectivity index (χ2n) is 5.53. The number of nitrogens with one attached hydrogen (secondary N) is 1. The lowest BCUT2D eigenvalue weighted by Crippen LogP contribution is -2.12. The van der Waals surface area contributed by atoms with Crippen molar-refractivity contribution in [2.45, 2.75) is 27.7 Å². The van der Waals surface area contributed by atoms with Crippen molar-refractivity contribution in [3.8, 4) is 11.4 Å². The standard InChI is InChI=1S/C16H23N3O/c1-11(2)9-17-16-18-13(4)10-19(16)14-8-12(3)6-7-15(14)20-5/h6-8,10-11H,9H2,1-5H3,(H,17,18). The van der Waals surface area contributed by atoms with Gasteiger partial charge in [-0.3, -0.25) is 4.57 Å². The largest absolute Gasteiger partial charge is 0.495 e. The maximum Gasteiger partial charge on any atom is 0.207 e. The molecule has 0 aliphatic heterocycles. The lowest BCUT2D eigenvalue weighted by molar-refractivity contribution is 0.413. The normalized spacial score (nSPS) is 10.9. The molecule has 0 aliphatic rings. The third-order valence-electron chi connectivity index (χ3n) is 3.09. The highest BCUT2D eigenvalue weighted by molar-refractivity contribution is 5.53. The van der Waals surface area contributed by atoms with E-state index in [4.69, 9.17) is 4.74 Å². The van der Waals surface area contributed by atoms with Gasteiger partial charge in [-0.15, -0.1) is 0 Å². The summed E-state index contributed by atoms with van der Waals surface area (Å²) in [4.78, 5) is 4.56. The van der Waals surface area contributed by atoms with Gasteiger partial charge in [-0.05, 0) is 37.5 Å². The summed E-state index contributed by atoms with van der Waals surface area (Å²) in [5.41, 5.74) is 3.20. The highest BCUT2D eigenvalue weighted by Gasteiger charge is 2.12. The van der Waals surface area contributed by atoms with Crippen molar-refractivity contribution in [3.63, 3.8) is 0 Å². The van der Waals surface area contributed by atoms with E-state index in [1.807, 2.05) is 25.3 Å². The first-order valence-corrected chi connectivity index (χ1v) is 6.96. The highest BCUT2D eigenvalue weighted by atomic mass is 16.5. The van der Waals surface area contributed by atoms with Gasteiger partial charge in [-0.2, -0.15) is 0 Å². The van der Waals surface area contributed by atoms with Gasteiger partial charge in [-0.1, -0.05) is 19.9 Å². The van der Waals surface area contributed by atoms with Gasteiger partial charge in [0.1, 0.15) is 5.75 Å². The SMILES string of the molecule is COc1ccc(C)cc1-n1cc(C)nc1NCC(C)C. The number of hydrogen-bond donors (Lipinski definition) is 1. The summed E-state index contributed by atoms with van der Waals surface area (Å²) < 4.78 is 7.53. The molecule has 1 aromatic heterocycles. The number of methoxy groups -OCH3 is 1. The molecule has 0 spiro atoms. The Hall–Kier alpha value is -1.97. The van der Waals surface area contributed by atoms with E-state index in [9.17, 15) is 0 Å². The highest BCUT2D eigenvalue weighted by Crippen LogP contribution is 2.27. The first-order chi connectivity index (χ1) is 9.51. The Kier molecular flexibility index (Phi) is 4.32. The smallest absolute Gasteiger partial charge is 0.207 e. The van der Waals surface area contributed by atoms with E-state index in [-0.39, 0.29) is 0 Å².